The molecule has 1 aliphatic carbocycles. The Bertz CT molecular complexity index is 460. The summed E-state index contributed by atoms with van der Waals surface area (Å²) < 4.78 is 0. The maximum atomic E-state index is 12.2. The monoisotopic (exact) mass is 229 g/mol. The van der Waals surface area contributed by atoms with E-state index in [4.69, 9.17) is 0 Å². The number of benzene rings is 1. The number of fused-ring (bicyclic) bond motifs is 1. The van der Waals surface area contributed by atoms with Crippen LogP contribution in [0.5, 0.6) is 0 Å². The van der Waals surface area contributed by atoms with E-state index >= 15 is 0 Å². The Balaban J connectivity index is 1.95. The number of carbonyl (C=O) groups excluding carboxylic acids is 2. The topological polar surface area (TPSA) is 37.4 Å². The molecule has 0 saturated heterocycles. The Morgan fingerprint density at radius 2 is 1.65 bits per heavy atom. The molecule has 3 nitrogen and oxygen atoms in total. The molecule has 0 bridgehead atoms. The van der Waals surface area contributed by atoms with Gasteiger partial charge in [-0.1, -0.05) is 19.1 Å². The van der Waals surface area contributed by atoms with Crippen LogP contribution in [0.15, 0.2) is 24.3 Å². The molecular formula is C14H15NO2. The Morgan fingerprint density at radius 1 is 1.06 bits per heavy atom. The molecular weight excluding hydrogens is 214 g/mol. The first kappa shape index (κ1) is 10.5. The first-order valence-corrected chi connectivity index (χ1v) is 6.15. The van der Waals surface area contributed by atoms with Crippen molar-refractivity contribution in [1.29, 1.82) is 0 Å². The second kappa shape index (κ2) is 3.69. The fraction of sp³-hybridized carbons (Fsp3) is 0.429. The number of amides is 2. The van der Waals surface area contributed by atoms with Crippen LogP contribution < -0.4 is 0 Å². The van der Waals surface area contributed by atoms with Gasteiger partial charge in [0.05, 0.1) is 11.1 Å². The normalized spacial score (nSPS) is 27.7. The van der Waals surface area contributed by atoms with Crippen LogP contribution in [0.1, 0.15) is 46.9 Å². The summed E-state index contributed by atoms with van der Waals surface area (Å²) in [6.07, 6.45) is 3.01. The van der Waals surface area contributed by atoms with E-state index in [0.29, 0.717) is 17.0 Å². The van der Waals surface area contributed by atoms with Gasteiger partial charge in [-0.15, -0.1) is 0 Å². The van der Waals surface area contributed by atoms with Crippen molar-refractivity contribution in [2.75, 3.05) is 0 Å². The lowest BCUT2D eigenvalue weighted by atomic mass is 10.1. The van der Waals surface area contributed by atoms with Gasteiger partial charge in [-0.05, 0) is 37.3 Å². The van der Waals surface area contributed by atoms with E-state index in [0.717, 1.165) is 19.3 Å². The minimum Gasteiger partial charge on any atom is -0.271 e. The molecule has 2 unspecified atom stereocenters. The van der Waals surface area contributed by atoms with E-state index in [1.54, 1.807) is 12.1 Å². The van der Waals surface area contributed by atoms with Crippen molar-refractivity contribution in [3.63, 3.8) is 0 Å². The molecule has 1 saturated carbocycles. The smallest absolute Gasteiger partial charge is 0.261 e. The number of hydrogen-bond acceptors (Lipinski definition) is 2. The Kier molecular flexibility index (Phi) is 2.28. The predicted octanol–water partition coefficient (Wildman–Crippen LogP) is 2.47. The van der Waals surface area contributed by atoms with Gasteiger partial charge in [-0.25, -0.2) is 0 Å². The van der Waals surface area contributed by atoms with Gasteiger partial charge in [0.1, 0.15) is 0 Å². The van der Waals surface area contributed by atoms with Crippen LogP contribution in [0.3, 0.4) is 0 Å². The molecule has 3 rings (SSSR count). The number of imide groups is 1. The molecule has 1 aliphatic heterocycles. The molecule has 0 N–H and O–H groups in total. The summed E-state index contributed by atoms with van der Waals surface area (Å²) >= 11 is 0. The third-order valence-electron chi connectivity index (χ3n) is 3.86. The van der Waals surface area contributed by atoms with Gasteiger partial charge >= 0.3 is 0 Å². The first-order chi connectivity index (χ1) is 8.18. The molecule has 1 aromatic carbocycles. The molecule has 2 atom stereocenters. The van der Waals surface area contributed by atoms with Gasteiger partial charge in [-0.3, -0.25) is 14.5 Å². The Morgan fingerprint density at radius 3 is 2.12 bits per heavy atom. The molecule has 0 aromatic heterocycles. The zero-order valence-electron chi connectivity index (χ0n) is 9.85. The van der Waals surface area contributed by atoms with Crippen LogP contribution in [-0.2, 0) is 0 Å². The van der Waals surface area contributed by atoms with Crippen molar-refractivity contribution >= 4 is 11.8 Å². The highest BCUT2D eigenvalue weighted by atomic mass is 16.2. The number of hydrogen-bond donors (Lipinski definition) is 0. The third kappa shape index (κ3) is 1.49. The minimum atomic E-state index is -0.107. The zero-order chi connectivity index (χ0) is 12.0. The summed E-state index contributed by atoms with van der Waals surface area (Å²) in [7, 11) is 0. The number of rotatable bonds is 1. The van der Waals surface area contributed by atoms with Gasteiger partial charge in [0.15, 0.2) is 0 Å². The zero-order valence-corrected chi connectivity index (χ0v) is 9.85. The molecule has 2 amide bonds. The lowest BCUT2D eigenvalue weighted by Crippen LogP contribution is -2.38. The van der Waals surface area contributed by atoms with Crippen LogP contribution in [0.4, 0.5) is 0 Å². The molecule has 1 aromatic rings. The summed E-state index contributed by atoms with van der Waals surface area (Å²) in [5, 5.41) is 0. The molecule has 1 heterocycles. The van der Waals surface area contributed by atoms with E-state index in [9.17, 15) is 9.59 Å². The maximum Gasteiger partial charge on any atom is 0.261 e. The molecule has 88 valence electrons. The summed E-state index contributed by atoms with van der Waals surface area (Å²) in [6, 6.07) is 7.22. The van der Waals surface area contributed by atoms with Crippen LogP contribution in [0.2, 0.25) is 0 Å². The van der Waals surface area contributed by atoms with E-state index in [2.05, 4.69) is 6.92 Å². The fourth-order valence-corrected chi connectivity index (χ4v) is 2.95. The second-order valence-corrected chi connectivity index (χ2v) is 5.10. The molecule has 17 heavy (non-hydrogen) atoms. The summed E-state index contributed by atoms with van der Waals surface area (Å²) in [4.78, 5) is 25.9. The van der Waals surface area contributed by atoms with Crippen LogP contribution >= 0.6 is 0 Å². The quantitative estimate of drug-likeness (QED) is 0.694. The third-order valence-corrected chi connectivity index (χ3v) is 3.86. The van der Waals surface area contributed by atoms with Crippen LogP contribution in [0.25, 0.3) is 0 Å². The summed E-state index contributed by atoms with van der Waals surface area (Å²) in [6.45, 7) is 2.18. The van der Waals surface area contributed by atoms with E-state index in [1.807, 2.05) is 12.1 Å². The Hall–Kier alpha value is -1.64. The summed E-state index contributed by atoms with van der Waals surface area (Å²) in [5.41, 5.74) is 1.13. The highest BCUT2D eigenvalue weighted by Gasteiger charge is 2.41. The predicted molar refractivity (Wildman–Crippen MR) is 63.7 cm³/mol. The molecule has 1 fully saturated rings. The molecule has 0 spiro atoms. The van der Waals surface area contributed by atoms with Gasteiger partial charge in [-0.2, -0.15) is 0 Å². The highest BCUT2D eigenvalue weighted by molar-refractivity contribution is 6.21. The molecule has 2 aliphatic rings. The average Bonchev–Trinajstić information content (AvgIpc) is 2.84. The van der Waals surface area contributed by atoms with Crippen molar-refractivity contribution in [3.05, 3.63) is 35.4 Å². The van der Waals surface area contributed by atoms with Gasteiger partial charge in [0.25, 0.3) is 11.8 Å². The van der Waals surface area contributed by atoms with Crippen LogP contribution in [-0.4, -0.2) is 22.8 Å². The fourth-order valence-electron chi connectivity index (χ4n) is 2.95. The lowest BCUT2D eigenvalue weighted by Gasteiger charge is -2.21. The van der Waals surface area contributed by atoms with E-state index in [-0.39, 0.29) is 17.9 Å². The lowest BCUT2D eigenvalue weighted by molar-refractivity contribution is 0.0585. The Labute approximate surface area is 100 Å². The molecule has 0 radical (unpaired) electrons. The number of carbonyl (C=O) groups is 2. The number of nitrogens with zero attached hydrogens (tertiary/aromatic N) is 1. The summed E-state index contributed by atoms with van der Waals surface area (Å²) in [5.74, 6) is 0.402. The van der Waals surface area contributed by atoms with E-state index < -0.39 is 0 Å². The highest BCUT2D eigenvalue weighted by Crippen LogP contribution is 2.34. The van der Waals surface area contributed by atoms with Gasteiger partial charge in [0.2, 0.25) is 0 Å². The van der Waals surface area contributed by atoms with Gasteiger partial charge in [0, 0.05) is 6.04 Å². The van der Waals surface area contributed by atoms with Crippen LogP contribution in [0, 0.1) is 5.92 Å². The van der Waals surface area contributed by atoms with Crippen molar-refractivity contribution in [3.8, 4) is 0 Å². The average molecular weight is 229 g/mol. The SMILES string of the molecule is CC1CCC(N2C(=O)c3ccccc3C2=O)C1. The molecule has 3 heteroatoms. The first-order valence-electron chi connectivity index (χ1n) is 6.15. The van der Waals surface area contributed by atoms with Gasteiger partial charge < -0.3 is 0 Å². The maximum absolute atomic E-state index is 12.2. The minimum absolute atomic E-state index is 0.107. The second-order valence-electron chi connectivity index (χ2n) is 5.10. The van der Waals surface area contributed by atoms with Crippen molar-refractivity contribution in [2.45, 2.75) is 32.2 Å². The van der Waals surface area contributed by atoms with Crippen molar-refractivity contribution in [2.24, 2.45) is 5.92 Å². The van der Waals surface area contributed by atoms with Crippen molar-refractivity contribution < 1.29 is 9.59 Å². The largest absolute Gasteiger partial charge is 0.271 e. The standard InChI is InChI=1S/C14H15NO2/c1-9-6-7-10(8-9)15-13(16)11-4-2-3-5-12(11)14(15)17/h2-5,9-10H,6-8H2,1H3. The van der Waals surface area contributed by atoms with E-state index in [1.165, 1.54) is 4.90 Å². The van der Waals surface area contributed by atoms with Crippen molar-refractivity contribution in [1.82, 2.24) is 4.90 Å².